The first-order valence-corrected chi connectivity index (χ1v) is 12.8. The van der Waals surface area contributed by atoms with Gasteiger partial charge in [0.15, 0.2) is 11.5 Å². The van der Waals surface area contributed by atoms with Gasteiger partial charge in [0.05, 0.1) is 38.1 Å². The van der Waals surface area contributed by atoms with Crippen LogP contribution in [0.2, 0.25) is 0 Å². The van der Waals surface area contributed by atoms with Crippen molar-refractivity contribution in [3.8, 4) is 17.2 Å². The summed E-state index contributed by atoms with van der Waals surface area (Å²) in [4.78, 5) is 13.0. The van der Waals surface area contributed by atoms with Crippen molar-refractivity contribution in [1.82, 2.24) is 5.43 Å². The Morgan fingerprint density at radius 2 is 1.49 bits per heavy atom. The molecule has 196 valence electrons. The SMILES string of the molecule is COc1cc(/C=N\NC(=O)CN(c2cc(C)ccc2C)S(=O)(=O)c2ccc(C)cc2)cc(OC)c1OC. The molecule has 0 heterocycles. The van der Waals surface area contributed by atoms with E-state index in [-0.39, 0.29) is 4.90 Å². The van der Waals surface area contributed by atoms with E-state index < -0.39 is 22.5 Å². The number of sulfonamides is 1. The molecule has 0 saturated carbocycles. The second-order valence-electron chi connectivity index (χ2n) is 8.37. The summed E-state index contributed by atoms with van der Waals surface area (Å²) in [5, 5.41) is 4.00. The lowest BCUT2D eigenvalue weighted by molar-refractivity contribution is -0.119. The molecule has 0 aromatic heterocycles. The van der Waals surface area contributed by atoms with Gasteiger partial charge in [-0.3, -0.25) is 9.10 Å². The Morgan fingerprint density at radius 3 is 2.05 bits per heavy atom. The number of hydrazone groups is 1. The number of hydrogen-bond acceptors (Lipinski definition) is 7. The van der Waals surface area contributed by atoms with Crippen molar-refractivity contribution < 1.29 is 27.4 Å². The molecule has 0 radical (unpaired) electrons. The van der Waals surface area contributed by atoms with Crippen molar-refractivity contribution in [3.63, 3.8) is 0 Å². The van der Waals surface area contributed by atoms with Crippen LogP contribution in [0.1, 0.15) is 22.3 Å². The van der Waals surface area contributed by atoms with Gasteiger partial charge in [-0.1, -0.05) is 29.8 Å². The topological polar surface area (TPSA) is 107 Å². The molecule has 1 N–H and O–H groups in total. The van der Waals surface area contributed by atoms with Gasteiger partial charge >= 0.3 is 0 Å². The van der Waals surface area contributed by atoms with Crippen molar-refractivity contribution in [1.29, 1.82) is 0 Å². The van der Waals surface area contributed by atoms with E-state index in [0.29, 0.717) is 28.5 Å². The minimum absolute atomic E-state index is 0.0905. The molecule has 10 heteroatoms. The van der Waals surface area contributed by atoms with Crippen LogP contribution >= 0.6 is 0 Å². The van der Waals surface area contributed by atoms with E-state index in [2.05, 4.69) is 10.5 Å². The Hall–Kier alpha value is -4.05. The number of carbonyl (C=O) groups is 1. The standard InChI is InChI=1S/C27H31N3O6S/c1-18-8-11-22(12-9-18)37(32,33)30(23-13-19(2)7-10-20(23)3)17-26(31)29-28-16-21-14-24(34-4)27(36-6)25(15-21)35-5/h7-16H,17H2,1-6H3,(H,29,31)/b28-16-. The van der Waals surface area contributed by atoms with Crippen molar-refractivity contribution >= 4 is 27.8 Å². The van der Waals surface area contributed by atoms with Crippen LogP contribution in [0.25, 0.3) is 0 Å². The van der Waals surface area contributed by atoms with Crippen LogP contribution in [0.15, 0.2) is 64.6 Å². The summed E-state index contributed by atoms with van der Waals surface area (Å²) in [6.07, 6.45) is 1.40. The summed E-state index contributed by atoms with van der Waals surface area (Å²) in [7, 11) is 0.459. The predicted molar refractivity (Wildman–Crippen MR) is 143 cm³/mol. The fourth-order valence-corrected chi connectivity index (χ4v) is 5.12. The monoisotopic (exact) mass is 525 g/mol. The van der Waals surface area contributed by atoms with Gasteiger partial charge in [-0.05, 0) is 62.2 Å². The van der Waals surface area contributed by atoms with Gasteiger partial charge in [0.2, 0.25) is 5.75 Å². The van der Waals surface area contributed by atoms with Crippen molar-refractivity contribution in [2.45, 2.75) is 25.7 Å². The molecule has 0 unspecified atom stereocenters. The Bertz CT molecular complexity index is 1380. The Balaban J connectivity index is 1.89. The third kappa shape index (κ3) is 6.39. The molecule has 0 spiro atoms. The molecule has 0 saturated heterocycles. The number of nitrogens with zero attached hydrogens (tertiary/aromatic N) is 2. The minimum Gasteiger partial charge on any atom is -0.493 e. The third-order valence-corrected chi connectivity index (χ3v) is 7.39. The molecular weight excluding hydrogens is 494 g/mol. The number of anilines is 1. The number of ether oxygens (including phenoxy) is 3. The van der Waals surface area contributed by atoms with Crippen LogP contribution in [0, 0.1) is 20.8 Å². The lowest BCUT2D eigenvalue weighted by Gasteiger charge is -2.25. The smallest absolute Gasteiger partial charge is 0.264 e. The number of rotatable bonds is 10. The van der Waals surface area contributed by atoms with Crippen LogP contribution in [0.5, 0.6) is 17.2 Å². The van der Waals surface area contributed by atoms with E-state index in [1.54, 1.807) is 37.3 Å². The molecular formula is C27H31N3O6S. The number of hydrogen-bond donors (Lipinski definition) is 1. The van der Waals surface area contributed by atoms with Crippen LogP contribution in [0.4, 0.5) is 5.69 Å². The summed E-state index contributed by atoms with van der Waals surface area (Å²) in [5.74, 6) is 0.678. The lowest BCUT2D eigenvalue weighted by atomic mass is 10.1. The fourth-order valence-electron chi connectivity index (χ4n) is 3.65. The molecule has 3 rings (SSSR count). The number of methoxy groups -OCH3 is 3. The third-order valence-electron chi connectivity index (χ3n) is 5.62. The van der Waals surface area contributed by atoms with Crippen LogP contribution < -0.4 is 23.9 Å². The van der Waals surface area contributed by atoms with Crippen molar-refractivity contribution in [2.75, 3.05) is 32.2 Å². The second kappa shape index (κ2) is 11.8. The Labute approximate surface area is 217 Å². The zero-order valence-corrected chi connectivity index (χ0v) is 22.5. The number of aryl methyl sites for hydroxylation is 3. The van der Waals surface area contributed by atoms with Crippen molar-refractivity contribution in [2.24, 2.45) is 5.10 Å². The van der Waals surface area contributed by atoms with Gasteiger partial charge in [0.25, 0.3) is 15.9 Å². The highest BCUT2D eigenvalue weighted by molar-refractivity contribution is 7.92. The van der Waals surface area contributed by atoms with Crippen LogP contribution in [-0.2, 0) is 14.8 Å². The average Bonchev–Trinajstić information content (AvgIpc) is 2.88. The van der Waals surface area contributed by atoms with Gasteiger partial charge in [0.1, 0.15) is 6.54 Å². The molecule has 0 atom stereocenters. The Morgan fingerprint density at radius 1 is 0.892 bits per heavy atom. The largest absolute Gasteiger partial charge is 0.493 e. The summed E-state index contributed by atoms with van der Waals surface area (Å²) in [5.41, 5.74) is 5.92. The van der Waals surface area contributed by atoms with Gasteiger partial charge < -0.3 is 14.2 Å². The number of carbonyl (C=O) groups excluding carboxylic acids is 1. The molecule has 1 amide bonds. The maximum absolute atomic E-state index is 13.6. The maximum atomic E-state index is 13.6. The summed E-state index contributed by atoms with van der Waals surface area (Å²) >= 11 is 0. The van der Waals surface area contributed by atoms with E-state index in [1.807, 2.05) is 26.0 Å². The fraction of sp³-hybridized carbons (Fsp3) is 0.259. The van der Waals surface area contributed by atoms with E-state index in [9.17, 15) is 13.2 Å². The molecule has 3 aromatic rings. The predicted octanol–water partition coefficient (Wildman–Crippen LogP) is 3.98. The first-order valence-electron chi connectivity index (χ1n) is 11.4. The lowest BCUT2D eigenvalue weighted by Crippen LogP contribution is -2.40. The number of nitrogens with one attached hydrogen (secondary N) is 1. The van der Waals surface area contributed by atoms with Gasteiger partial charge in [0, 0.05) is 5.56 Å². The van der Waals surface area contributed by atoms with E-state index >= 15 is 0 Å². The summed E-state index contributed by atoms with van der Waals surface area (Å²) in [6.45, 7) is 5.07. The minimum atomic E-state index is -4.03. The van der Waals surface area contributed by atoms with Gasteiger partial charge in [-0.15, -0.1) is 0 Å². The summed E-state index contributed by atoms with van der Waals surface area (Å²) < 4.78 is 44.3. The number of amides is 1. The Kier molecular flexibility index (Phi) is 8.77. The highest BCUT2D eigenvalue weighted by Crippen LogP contribution is 2.37. The quantitative estimate of drug-likeness (QED) is 0.317. The zero-order valence-electron chi connectivity index (χ0n) is 21.7. The molecule has 0 fully saturated rings. The molecule has 0 aliphatic rings. The van der Waals surface area contributed by atoms with E-state index in [4.69, 9.17) is 14.2 Å². The van der Waals surface area contributed by atoms with Crippen molar-refractivity contribution in [3.05, 3.63) is 76.9 Å². The van der Waals surface area contributed by atoms with Crippen LogP contribution in [0.3, 0.4) is 0 Å². The zero-order chi connectivity index (χ0) is 27.2. The van der Waals surface area contributed by atoms with Gasteiger partial charge in [-0.2, -0.15) is 5.10 Å². The molecule has 0 aliphatic carbocycles. The molecule has 0 bridgehead atoms. The molecule has 37 heavy (non-hydrogen) atoms. The average molecular weight is 526 g/mol. The summed E-state index contributed by atoms with van der Waals surface area (Å²) in [6, 6.07) is 15.3. The van der Waals surface area contributed by atoms with E-state index in [1.165, 1.54) is 39.7 Å². The van der Waals surface area contributed by atoms with Crippen LogP contribution in [-0.4, -0.2) is 48.4 Å². The maximum Gasteiger partial charge on any atom is 0.264 e. The molecule has 3 aromatic carbocycles. The highest BCUT2D eigenvalue weighted by Gasteiger charge is 2.28. The number of benzene rings is 3. The first kappa shape index (κ1) is 27.5. The molecule has 0 aliphatic heterocycles. The highest BCUT2D eigenvalue weighted by atomic mass is 32.2. The van der Waals surface area contributed by atoms with E-state index in [0.717, 1.165) is 21.0 Å². The first-order chi connectivity index (χ1) is 17.6. The van der Waals surface area contributed by atoms with Gasteiger partial charge in [-0.25, -0.2) is 13.8 Å². The normalized spacial score (nSPS) is 11.3. The second-order valence-corrected chi connectivity index (χ2v) is 10.2. The molecule has 9 nitrogen and oxygen atoms in total.